The van der Waals surface area contributed by atoms with Gasteiger partial charge < -0.3 is 15.2 Å². The molecule has 1 N–H and O–H groups in total. The zero-order valence-electron chi connectivity index (χ0n) is 7.45. The van der Waals surface area contributed by atoms with Crippen molar-refractivity contribution in [2.75, 3.05) is 0 Å². The molecule has 1 heterocycles. The van der Waals surface area contributed by atoms with Gasteiger partial charge in [0.15, 0.2) is 6.04 Å². The second kappa shape index (κ2) is 3.86. The van der Waals surface area contributed by atoms with E-state index in [1.165, 1.54) is 12.3 Å². The standard InChI is InChI=1S/C7H9N3O4/c1-2-5(7(11)12)9-4-3-6(8-9)10(13)14/h3-5H,2H2,1H3,(H,11,12). The molecule has 0 bridgehead atoms. The van der Waals surface area contributed by atoms with Gasteiger partial charge in [-0.05, 0) is 11.3 Å². The topological polar surface area (TPSA) is 98.3 Å². The van der Waals surface area contributed by atoms with Crippen LogP contribution >= 0.6 is 0 Å². The Balaban J connectivity index is 2.95. The van der Waals surface area contributed by atoms with Crippen molar-refractivity contribution in [2.24, 2.45) is 0 Å². The minimum atomic E-state index is -1.05. The fourth-order valence-corrected chi connectivity index (χ4v) is 1.07. The summed E-state index contributed by atoms with van der Waals surface area (Å²) in [5, 5.41) is 22.6. The molecule has 1 unspecified atom stereocenters. The van der Waals surface area contributed by atoms with E-state index in [2.05, 4.69) is 5.10 Å². The summed E-state index contributed by atoms with van der Waals surface area (Å²) in [7, 11) is 0. The second-order valence-corrected chi connectivity index (χ2v) is 2.67. The number of carboxylic acids is 1. The van der Waals surface area contributed by atoms with Crippen LogP contribution in [0.5, 0.6) is 0 Å². The minimum absolute atomic E-state index is 0.328. The van der Waals surface area contributed by atoms with Crippen molar-refractivity contribution in [2.45, 2.75) is 19.4 Å². The maximum Gasteiger partial charge on any atom is 0.389 e. The van der Waals surface area contributed by atoms with Crippen LogP contribution in [0, 0.1) is 10.1 Å². The zero-order chi connectivity index (χ0) is 10.7. The number of hydrogen-bond donors (Lipinski definition) is 1. The van der Waals surface area contributed by atoms with E-state index in [1.54, 1.807) is 6.92 Å². The van der Waals surface area contributed by atoms with Crippen molar-refractivity contribution in [3.05, 3.63) is 22.4 Å². The molecule has 0 saturated heterocycles. The van der Waals surface area contributed by atoms with Crippen LogP contribution in [-0.4, -0.2) is 25.8 Å². The first kappa shape index (κ1) is 10.2. The highest BCUT2D eigenvalue weighted by atomic mass is 16.6. The maximum absolute atomic E-state index is 10.7. The maximum atomic E-state index is 10.7. The van der Waals surface area contributed by atoms with Crippen LogP contribution in [0.15, 0.2) is 12.3 Å². The smallest absolute Gasteiger partial charge is 0.389 e. The van der Waals surface area contributed by atoms with E-state index in [9.17, 15) is 14.9 Å². The van der Waals surface area contributed by atoms with E-state index in [0.29, 0.717) is 6.42 Å². The van der Waals surface area contributed by atoms with Gasteiger partial charge in [0, 0.05) is 0 Å². The van der Waals surface area contributed by atoms with E-state index in [0.717, 1.165) is 4.68 Å². The summed E-state index contributed by atoms with van der Waals surface area (Å²) in [6, 6.07) is 0.328. The number of rotatable bonds is 4. The second-order valence-electron chi connectivity index (χ2n) is 2.67. The van der Waals surface area contributed by atoms with Gasteiger partial charge in [0.2, 0.25) is 0 Å². The summed E-state index contributed by atoms with van der Waals surface area (Å²) in [4.78, 5) is 20.3. The Labute approximate surface area is 79.1 Å². The van der Waals surface area contributed by atoms with Gasteiger partial charge in [0.25, 0.3) is 0 Å². The molecule has 76 valence electrons. The summed E-state index contributed by atoms with van der Waals surface area (Å²) in [5.41, 5.74) is 0. The lowest BCUT2D eigenvalue weighted by Gasteiger charge is -2.04. The van der Waals surface area contributed by atoms with Crippen molar-refractivity contribution in [1.29, 1.82) is 0 Å². The van der Waals surface area contributed by atoms with Gasteiger partial charge in [-0.15, -0.1) is 0 Å². The Morgan fingerprint density at radius 2 is 2.50 bits per heavy atom. The normalized spacial score (nSPS) is 12.4. The third-order valence-electron chi connectivity index (χ3n) is 1.77. The van der Waals surface area contributed by atoms with Gasteiger partial charge >= 0.3 is 11.8 Å². The molecule has 0 aromatic carbocycles. The van der Waals surface area contributed by atoms with E-state index < -0.39 is 16.9 Å². The summed E-state index contributed by atoms with van der Waals surface area (Å²) in [6.07, 6.45) is 1.62. The fraction of sp³-hybridized carbons (Fsp3) is 0.429. The summed E-state index contributed by atoms with van der Waals surface area (Å²) < 4.78 is 1.08. The highest BCUT2D eigenvalue weighted by Crippen LogP contribution is 2.14. The average Bonchev–Trinajstić information content (AvgIpc) is 2.53. The first-order chi connectivity index (χ1) is 6.56. The van der Waals surface area contributed by atoms with Gasteiger partial charge in [-0.3, -0.25) is 0 Å². The molecule has 7 heteroatoms. The number of nitro groups is 1. The van der Waals surface area contributed by atoms with E-state index in [4.69, 9.17) is 5.11 Å². The molecule has 14 heavy (non-hydrogen) atoms. The van der Waals surface area contributed by atoms with E-state index >= 15 is 0 Å². The molecular weight excluding hydrogens is 190 g/mol. The third kappa shape index (κ3) is 1.87. The van der Waals surface area contributed by atoms with Crippen molar-refractivity contribution in [3.8, 4) is 0 Å². The number of nitrogens with zero attached hydrogens (tertiary/aromatic N) is 3. The predicted molar refractivity (Wildman–Crippen MR) is 45.8 cm³/mol. The Bertz CT molecular complexity index is 360. The molecular formula is C7H9N3O4. The summed E-state index contributed by atoms with van der Waals surface area (Å²) in [6.45, 7) is 1.67. The lowest BCUT2D eigenvalue weighted by molar-refractivity contribution is -0.389. The Kier molecular flexibility index (Phi) is 2.80. The van der Waals surface area contributed by atoms with Crippen molar-refractivity contribution in [3.63, 3.8) is 0 Å². The number of carbonyl (C=O) groups is 1. The molecule has 1 rings (SSSR count). The van der Waals surface area contributed by atoms with Gasteiger partial charge in [-0.1, -0.05) is 6.92 Å². The average molecular weight is 199 g/mol. The highest BCUT2D eigenvalue weighted by Gasteiger charge is 2.23. The van der Waals surface area contributed by atoms with Crippen molar-refractivity contribution < 1.29 is 14.8 Å². The number of carboxylic acid groups (broad SMARTS) is 1. The van der Waals surface area contributed by atoms with Crippen LogP contribution in [0.1, 0.15) is 19.4 Å². The molecule has 0 amide bonds. The van der Waals surface area contributed by atoms with Gasteiger partial charge in [0.1, 0.15) is 0 Å². The molecule has 0 spiro atoms. The lowest BCUT2D eigenvalue weighted by Crippen LogP contribution is -2.18. The molecule has 0 aliphatic heterocycles. The van der Waals surface area contributed by atoms with Crippen LogP contribution in [0.2, 0.25) is 0 Å². The summed E-state index contributed by atoms with van der Waals surface area (Å²) in [5.74, 6) is -1.39. The molecule has 0 fully saturated rings. The molecule has 0 radical (unpaired) electrons. The van der Waals surface area contributed by atoms with E-state index in [1.807, 2.05) is 0 Å². The van der Waals surface area contributed by atoms with Crippen LogP contribution in [0.3, 0.4) is 0 Å². The van der Waals surface area contributed by atoms with Crippen LogP contribution in [0.25, 0.3) is 0 Å². The van der Waals surface area contributed by atoms with Crippen LogP contribution in [-0.2, 0) is 4.79 Å². The Morgan fingerprint density at radius 1 is 1.86 bits per heavy atom. The third-order valence-corrected chi connectivity index (χ3v) is 1.77. The molecule has 7 nitrogen and oxygen atoms in total. The summed E-state index contributed by atoms with van der Waals surface area (Å²) >= 11 is 0. The Morgan fingerprint density at radius 3 is 2.86 bits per heavy atom. The number of hydrogen-bond acceptors (Lipinski definition) is 4. The quantitative estimate of drug-likeness (QED) is 0.571. The van der Waals surface area contributed by atoms with Gasteiger partial charge in [0.05, 0.1) is 17.4 Å². The number of aromatic nitrogens is 2. The van der Waals surface area contributed by atoms with Gasteiger partial charge in [-0.2, -0.15) is 4.68 Å². The molecule has 1 aromatic heterocycles. The van der Waals surface area contributed by atoms with Crippen LogP contribution in [0.4, 0.5) is 5.82 Å². The zero-order valence-corrected chi connectivity index (χ0v) is 7.45. The highest BCUT2D eigenvalue weighted by molar-refractivity contribution is 5.71. The fourth-order valence-electron chi connectivity index (χ4n) is 1.07. The Hall–Kier alpha value is -1.92. The first-order valence-corrected chi connectivity index (χ1v) is 3.98. The van der Waals surface area contributed by atoms with E-state index in [-0.39, 0.29) is 5.82 Å². The molecule has 1 aromatic rings. The molecule has 1 atom stereocenters. The largest absolute Gasteiger partial charge is 0.480 e. The van der Waals surface area contributed by atoms with Gasteiger partial charge in [-0.25, -0.2) is 4.79 Å². The molecule has 0 saturated carbocycles. The van der Waals surface area contributed by atoms with Crippen molar-refractivity contribution >= 4 is 11.8 Å². The van der Waals surface area contributed by atoms with Crippen molar-refractivity contribution in [1.82, 2.24) is 9.78 Å². The minimum Gasteiger partial charge on any atom is -0.480 e. The monoisotopic (exact) mass is 199 g/mol. The predicted octanol–water partition coefficient (Wildman–Crippen LogP) is 0.827. The number of aliphatic carboxylic acids is 1. The SMILES string of the molecule is CCC(C(=O)O)n1ccc([N+](=O)[O-])n1. The molecule has 0 aliphatic rings. The lowest BCUT2D eigenvalue weighted by atomic mass is 10.2. The van der Waals surface area contributed by atoms with Crippen LogP contribution < -0.4 is 0 Å². The molecule has 0 aliphatic carbocycles. The first-order valence-electron chi connectivity index (χ1n) is 3.98.